The van der Waals surface area contributed by atoms with Gasteiger partial charge < -0.3 is 4.74 Å². The van der Waals surface area contributed by atoms with E-state index in [4.69, 9.17) is 10.00 Å². The van der Waals surface area contributed by atoms with Crippen molar-refractivity contribution in [3.8, 4) is 11.8 Å². The third-order valence-electron chi connectivity index (χ3n) is 4.08. The van der Waals surface area contributed by atoms with Gasteiger partial charge in [0, 0.05) is 13.1 Å². The van der Waals surface area contributed by atoms with Crippen molar-refractivity contribution in [2.45, 2.75) is 20.3 Å². The maximum Gasteiger partial charge on any atom is 0.119 e. The molecule has 1 saturated heterocycles. The summed E-state index contributed by atoms with van der Waals surface area (Å²) < 4.78 is 5.72. The van der Waals surface area contributed by atoms with Gasteiger partial charge in [0.15, 0.2) is 0 Å². The van der Waals surface area contributed by atoms with Crippen LogP contribution in [0, 0.1) is 23.2 Å². The summed E-state index contributed by atoms with van der Waals surface area (Å²) in [5.41, 5.74) is 0.672. The Labute approximate surface area is 115 Å². The monoisotopic (exact) mass is 258 g/mol. The lowest BCUT2D eigenvalue weighted by Gasteiger charge is -2.35. The molecule has 0 saturated carbocycles. The highest BCUT2D eigenvalue weighted by atomic mass is 16.5. The molecule has 3 heteroatoms. The molecule has 0 unspecified atom stereocenters. The predicted molar refractivity (Wildman–Crippen MR) is 76.0 cm³/mol. The molecule has 3 nitrogen and oxygen atoms in total. The highest BCUT2D eigenvalue weighted by Crippen LogP contribution is 2.22. The number of nitriles is 1. The minimum Gasteiger partial charge on any atom is -0.492 e. The SMILES string of the molecule is C[C@@H]1CCN(CCOc2ccc(C#N)cc2)C[C@H]1C. The van der Waals surface area contributed by atoms with E-state index >= 15 is 0 Å². The van der Waals surface area contributed by atoms with Gasteiger partial charge in [-0.05, 0) is 49.1 Å². The lowest BCUT2D eigenvalue weighted by Crippen LogP contribution is -2.40. The summed E-state index contributed by atoms with van der Waals surface area (Å²) in [7, 11) is 0. The van der Waals surface area contributed by atoms with Gasteiger partial charge in [0.05, 0.1) is 11.6 Å². The Kier molecular flexibility index (Phi) is 4.81. The van der Waals surface area contributed by atoms with E-state index in [0.717, 1.165) is 24.1 Å². The van der Waals surface area contributed by atoms with Crippen LogP contribution in [0.5, 0.6) is 5.75 Å². The first kappa shape index (κ1) is 13.9. The van der Waals surface area contributed by atoms with Crippen molar-refractivity contribution in [3.63, 3.8) is 0 Å². The van der Waals surface area contributed by atoms with E-state index in [-0.39, 0.29) is 0 Å². The van der Waals surface area contributed by atoms with Crippen molar-refractivity contribution < 1.29 is 4.74 Å². The molecule has 2 rings (SSSR count). The number of rotatable bonds is 4. The van der Waals surface area contributed by atoms with Crippen LogP contribution in [0.1, 0.15) is 25.8 Å². The molecule has 2 atom stereocenters. The molecular weight excluding hydrogens is 236 g/mol. The third-order valence-corrected chi connectivity index (χ3v) is 4.08. The number of ether oxygens (including phenoxy) is 1. The van der Waals surface area contributed by atoms with Crippen molar-refractivity contribution in [2.24, 2.45) is 11.8 Å². The molecule has 0 spiro atoms. The van der Waals surface area contributed by atoms with Crippen molar-refractivity contribution in [2.75, 3.05) is 26.2 Å². The van der Waals surface area contributed by atoms with E-state index in [1.54, 1.807) is 12.1 Å². The number of hydrogen-bond donors (Lipinski definition) is 0. The fraction of sp³-hybridized carbons (Fsp3) is 0.562. The Balaban J connectivity index is 1.73. The van der Waals surface area contributed by atoms with E-state index in [1.165, 1.54) is 19.5 Å². The average molecular weight is 258 g/mol. The maximum atomic E-state index is 8.72. The smallest absolute Gasteiger partial charge is 0.119 e. The molecule has 0 N–H and O–H groups in total. The van der Waals surface area contributed by atoms with E-state index in [0.29, 0.717) is 12.2 Å². The van der Waals surface area contributed by atoms with Crippen LogP contribution < -0.4 is 4.74 Å². The lowest BCUT2D eigenvalue weighted by atomic mass is 9.89. The Morgan fingerprint density at radius 2 is 2.00 bits per heavy atom. The Hall–Kier alpha value is -1.53. The molecule has 0 aromatic heterocycles. The van der Waals surface area contributed by atoms with E-state index < -0.39 is 0 Å². The molecule has 1 aromatic carbocycles. The van der Waals surface area contributed by atoms with Crippen LogP contribution in [0.2, 0.25) is 0 Å². The van der Waals surface area contributed by atoms with Crippen molar-refractivity contribution in [1.29, 1.82) is 5.26 Å². The molecule has 0 aliphatic carbocycles. The van der Waals surface area contributed by atoms with Crippen molar-refractivity contribution >= 4 is 0 Å². The predicted octanol–water partition coefficient (Wildman–Crippen LogP) is 2.91. The van der Waals surface area contributed by atoms with Crippen molar-refractivity contribution in [1.82, 2.24) is 4.90 Å². The molecule has 1 fully saturated rings. The molecule has 1 heterocycles. The average Bonchev–Trinajstić information content (AvgIpc) is 2.43. The fourth-order valence-electron chi connectivity index (χ4n) is 2.47. The maximum absolute atomic E-state index is 8.72. The molecule has 1 aliphatic heterocycles. The molecular formula is C16H22N2O. The van der Waals surface area contributed by atoms with Crippen LogP contribution >= 0.6 is 0 Å². The normalized spacial score (nSPS) is 23.8. The summed E-state index contributed by atoms with van der Waals surface area (Å²) in [5, 5.41) is 8.72. The van der Waals surface area contributed by atoms with Gasteiger partial charge in [0.1, 0.15) is 12.4 Å². The zero-order valence-electron chi connectivity index (χ0n) is 11.8. The Morgan fingerprint density at radius 1 is 1.26 bits per heavy atom. The summed E-state index contributed by atoms with van der Waals surface area (Å²) in [4.78, 5) is 2.48. The Morgan fingerprint density at radius 3 is 2.63 bits per heavy atom. The number of likely N-dealkylation sites (tertiary alicyclic amines) is 1. The van der Waals surface area contributed by atoms with E-state index in [1.807, 2.05) is 12.1 Å². The zero-order chi connectivity index (χ0) is 13.7. The minimum absolute atomic E-state index is 0.672. The molecule has 0 bridgehead atoms. The molecule has 0 radical (unpaired) electrons. The second-order valence-corrected chi connectivity index (χ2v) is 5.53. The summed E-state index contributed by atoms with van der Waals surface area (Å²) in [6.45, 7) is 8.73. The van der Waals surface area contributed by atoms with Crippen LogP contribution in [-0.2, 0) is 0 Å². The topological polar surface area (TPSA) is 36.3 Å². The third kappa shape index (κ3) is 3.97. The van der Waals surface area contributed by atoms with Gasteiger partial charge in [0.25, 0.3) is 0 Å². The van der Waals surface area contributed by atoms with Gasteiger partial charge in [-0.1, -0.05) is 13.8 Å². The van der Waals surface area contributed by atoms with Crippen LogP contribution in [0.3, 0.4) is 0 Å². The molecule has 102 valence electrons. The van der Waals surface area contributed by atoms with Gasteiger partial charge in [0.2, 0.25) is 0 Å². The Bertz CT molecular complexity index is 435. The van der Waals surface area contributed by atoms with Gasteiger partial charge in [-0.15, -0.1) is 0 Å². The van der Waals surface area contributed by atoms with Gasteiger partial charge in [-0.2, -0.15) is 5.26 Å². The minimum atomic E-state index is 0.672. The van der Waals surface area contributed by atoms with Crippen LogP contribution in [0.25, 0.3) is 0 Å². The number of nitrogens with zero attached hydrogens (tertiary/aromatic N) is 2. The quantitative estimate of drug-likeness (QED) is 0.833. The van der Waals surface area contributed by atoms with Gasteiger partial charge in [-0.25, -0.2) is 0 Å². The summed E-state index contributed by atoms with van der Waals surface area (Å²) in [6, 6.07) is 9.41. The first-order valence-electron chi connectivity index (χ1n) is 7.04. The molecule has 1 aliphatic rings. The van der Waals surface area contributed by atoms with E-state index in [9.17, 15) is 0 Å². The lowest BCUT2D eigenvalue weighted by molar-refractivity contribution is 0.119. The number of piperidine rings is 1. The molecule has 0 amide bonds. The number of benzene rings is 1. The second kappa shape index (κ2) is 6.58. The summed E-state index contributed by atoms with van der Waals surface area (Å²) in [6.07, 6.45) is 1.29. The first-order valence-corrected chi connectivity index (χ1v) is 7.04. The summed E-state index contributed by atoms with van der Waals surface area (Å²) in [5.74, 6) is 2.47. The highest BCUT2D eigenvalue weighted by Gasteiger charge is 2.22. The zero-order valence-corrected chi connectivity index (χ0v) is 11.8. The summed E-state index contributed by atoms with van der Waals surface area (Å²) >= 11 is 0. The number of hydrogen-bond acceptors (Lipinski definition) is 3. The highest BCUT2D eigenvalue weighted by molar-refractivity contribution is 5.34. The van der Waals surface area contributed by atoms with Crippen LogP contribution in [0.4, 0.5) is 0 Å². The van der Waals surface area contributed by atoms with E-state index in [2.05, 4.69) is 24.8 Å². The van der Waals surface area contributed by atoms with Gasteiger partial charge in [-0.3, -0.25) is 4.90 Å². The van der Waals surface area contributed by atoms with Crippen LogP contribution in [-0.4, -0.2) is 31.1 Å². The molecule has 1 aromatic rings. The standard InChI is InChI=1S/C16H22N2O/c1-13-7-8-18(12-14(13)2)9-10-19-16-5-3-15(11-17)4-6-16/h3-6,13-14H,7-10,12H2,1-2H3/t13-,14-/m1/s1. The fourth-order valence-corrected chi connectivity index (χ4v) is 2.47. The second-order valence-electron chi connectivity index (χ2n) is 5.53. The van der Waals surface area contributed by atoms with Crippen molar-refractivity contribution in [3.05, 3.63) is 29.8 Å². The van der Waals surface area contributed by atoms with Gasteiger partial charge >= 0.3 is 0 Å². The van der Waals surface area contributed by atoms with Crippen LogP contribution in [0.15, 0.2) is 24.3 Å². The largest absolute Gasteiger partial charge is 0.492 e. The molecule has 19 heavy (non-hydrogen) atoms. The first-order chi connectivity index (χ1) is 9.19.